The van der Waals surface area contributed by atoms with E-state index in [4.69, 9.17) is 0 Å². The fourth-order valence-corrected chi connectivity index (χ4v) is 3.63. The number of rotatable bonds is 4. The molecule has 4 rings (SSSR count). The third kappa shape index (κ3) is 3.46. The zero-order valence-corrected chi connectivity index (χ0v) is 14.5. The van der Waals surface area contributed by atoms with E-state index in [2.05, 4.69) is 57.7 Å². The van der Waals surface area contributed by atoms with E-state index >= 15 is 0 Å². The van der Waals surface area contributed by atoms with Crippen LogP contribution in [0, 0.1) is 0 Å². The number of benzene rings is 2. The molecule has 2 N–H and O–H groups in total. The van der Waals surface area contributed by atoms with E-state index in [1.165, 1.54) is 5.56 Å². The molecule has 0 aliphatic carbocycles. The first kappa shape index (κ1) is 16.0. The molecular formula is C20H24N4O. The van der Waals surface area contributed by atoms with Crippen molar-refractivity contribution >= 4 is 16.7 Å². The van der Waals surface area contributed by atoms with Crippen LogP contribution in [-0.2, 0) is 13.6 Å². The highest BCUT2D eigenvalue weighted by molar-refractivity contribution is 5.79. The van der Waals surface area contributed by atoms with Crippen molar-refractivity contribution in [3.8, 4) is 0 Å². The first-order valence-corrected chi connectivity index (χ1v) is 8.90. The van der Waals surface area contributed by atoms with Crippen molar-refractivity contribution in [1.29, 1.82) is 0 Å². The summed E-state index contributed by atoms with van der Waals surface area (Å²) in [4.78, 5) is 17.1. The fourth-order valence-electron chi connectivity index (χ4n) is 3.63. The van der Waals surface area contributed by atoms with Gasteiger partial charge in [-0.3, -0.25) is 9.47 Å². The maximum absolute atomic E-state index is 11.7. The average Bonchev–Trinajstić information content (AvgIpc) is 2.92. The van der Waals surface area contributed by atoms with Gasteiger partial charge in [-0.1, -0.05) is 30.3 Å². The number of imidazole rings is 1. The maximum Gasteiger partial charge on any atom is 0.326 e. The summed E-state index contributed by atoms with van der Waals surface area (Å²) in [7, 11) is 1.80. The molecule has 1 aliphatic rings. The summed E-state index contributed by atoms with van der Waals surface area (Å²) in [5.74, 6) is 0. The Morgan fingerprint density at radius 1 is 1.12 bits per heavy atom. The molecule has 1 fully saturated rings. The van der Waals surface area contributed by atoms with Gasteiger partial charge >= 0.3 is 5.69 Å². The Morgan fingerprint density at radius 2 is 1.88 bits per heavy atom. The molecule has 0 unspecified atom stereocenters. The van der Waals surface area contributed by atoms with Gasteiger partial charge in [0.05, 0.1) is 11.0 Å². The molecule has 0 spiro atoms. The van der Waals surface area contributed by atoms with E-state index in [1.54, 1.807) is 11.6 Å². The van der Waals surface area contributed by atoms with Gasteiger partial charge in [0, 0.05) is 38.4 Å². The van der Waals surface area contributed by atoms with Gasteiger partial charge in [-0.15, -0.1) is 0 Å². The third-order valence-electron chi connectivity index (χ3n) is 5.11. The van der Waals surface area contributed by atoms with E-state index in [9.17, 15) is 4.79 Å². The Kier molecular flexibility index (Phi) is 4.32. The summed E-state index contributed by atoms with van der Waals surface area (Å²) in [6.07, 6.45) is 2.27. The largest absolute Gasteiger partial charge is 0.382 e. The quantitative estimate of drug-likeness (QED) is 0.770. The minimum atomic E-state index is -0.0682. The smallest absolute Gasteiger partial charge is 0.326 e. The molecule has 5 nitrogen and oxygen atoms in total. The van der Waals surface area contributed by atoms with Crippen LogP contribution in [-0.4, -0.2) is 33.6 Å². The van der Waals surface area contributed by atoms with Gasteiger partial charge in [0.15, 0.2) is 0 Å². The highest BCUT2D eigenvalue weighted by atomic mass is 16.1. The molecule has 0 atom stereocenters. The number of nitrogens with zero attached hydrogens (tertiary/aromatic N) is 2. The van der Waals surface area contributed by atoms with Gasteiger partial charge in [-0.2, -0.15) is 0 Å². The number of nitrogens with one attached hydrogen (secondary N) is 2. The van der Waals surface area contributed by atoms with Gasteiger partial charge in [0.1, 0.15) is 0 Å². The molecular weight excluding hydrogens is 312 g/mol. The number of likely N-dealkylation sites (tertiary alicyclic amines) is 1. The van der Waals surface area contributed by atoms with Gasteiger partial charge in [0.25, 0.3) is 0 Å². The van der Waals surface area contributed by atoms with E-state index in [-0.39, 0.29) is 5.69 Å². The van der Waals surface area contributed by atoms with E-state index < -0.39 is 0 Å². The predicted octanol–water partition coefficient (Wildman–Crippen LogP) is 2.94. The number of hydrogen-bond donors (Lipinski definition) is 2. The highest BCUT2D eigenvalue weighted by Gasteiger charge is 2.19. The Bertz CT molecular complexity index is 904. The number of fused-ring (bicyclic) bond motifs is 1. The monoisotopic (exact) mass is 336 g/mol. The predicted molar refractivity (Wildman–Crippen MR) is 102 cm³/mol. The minimum absolute atomic E-state index is 0.0682. The van der Waals surface area contributed by atoms with Gasteiger partial charge in [0.2, 0.25) is 0 Å². The number of aromatic amines is 1. The zero-order chi connectivity index (χ0) is 17.2. The van der Waals surface area contributed by atoms with E-state index in [1.807, 2.05) is 6.07 Å². The van der Waals surface area contributed by atoms with Gasteiger partial charge in [-0.25, -0.2) is 4.79 Å². The van der Waals surface area contributed by atoms with Crippen molar-refractivity contribution in [1.82, 2.24) is 14.5 Å². The van der Waals surface area contributed by atoms with Crippen LogP contribution in [0.3, 0.4) is 0 Å². The molecule has 0 bridgehead atoms. The number of H-pyrrole nitrogens is 1. The summed E-state index contributed by atoms with van der Waals surface area (Å²) in [6.45, 7) is 3.25. The molecule has 2 heterocycles. The average molecular weight is 336 g/mol. The molecule has 5 heteroatoms. The lowest BCUT2D eigenvalue weighted by Gasteiger charge is -2.33. The van der Waals surface area contributed by atoms with Gasteiger partial charge < -0.3 is 10.3 Å². The fraction of sp³-hybridized carbons (Fsp3) is 0.350. The van der Waals surface area contributed by atoms with Crippen LogP contribution in [0.5, 0.6) is 0 Å². The van der Waals surface area contributed by atoms with Crippen molar-refractivity contribution in [3.05, 3.63) is 64.6 Å². The first-order valence-electron chi connectivity index (χ1n) is 8.90. The lowest BCUT2D eigenvalue weighted by Crippen LogP contribution is -2.38. The normalized spacial score (nSPS) is 16.4. The standard InChI is InChI=1S/C20H24N4O/c1-23-19-13-17(7-8-18(19)22-20(23)25)21-16-9-11-24(12-10-16)14-15-5-3-2-4-6-15/h2-8,13,16,21H,9-12,14H2,1H3,(H,22,25). The third-order valence-corrected chi connectivity index (χ3v) is 5.11. The molecule has 0 saturated carbocycles. The van der Waals surface area contributed by atoms with Crippen LogP contribution < -0.4 is 11.0 Å². The van der Waals surface area contributed by atoms with Crippen molar-refractivity contribution in [3.63, 3.8) is 0 Å². The Labute approximate surface area is 147 Å². The SMILES string of the molecule is Cn1c(=O)[nH]c2ccc(NC3CCN(Cc4ccccc4)CC3)cc21. The lowest BCUT2D eigenvalue weighted by molar-refractivity contribution is 0.211. The molecule has 2 aromatic carbocycles. The second-order valence-corrected chi connectivity index (χ2v) is 6.90. The summed E-state index contributed by atoms with van der Waals surface area (Å²) in [6, 6.07) is 17.2. The number of aromatic nitrogens is 2. The molecule has 0 radical (unpaired) electrons. The second kappa shape index (κ2) is 6.76. The number of anilines is 1. The van der Waals surface area contributed by atoms with Crippen molar-refractivity contribution in [2.45, 2.75) is 25.4 Å². The van der Waals surface area contributed by atoms with Crippen LogP contribution in [0.15, 0.2) is 53.3 Å². The van der Waals surface area contributed by atoms with Gasteiger partial charge in [-0.05, 0) is 36.6 Å². The van der Waals surface area contributed by atoms with Crippen molar-refractivity contribution in [2.75, 3.05) is 18.4 Å². The summed E-state index contributed by atoms with van der Waals surface area (Å²) in [5.41, 5.74) is 4.23. The summed E-state index contributed by atoms with van der Waals surface area (Å²) < 4.78 is 1.66. The van der Waals surface area contributed by atoms with E-state index in [0.717, 1.165) is 49.2 Å². The molecule has 25 heavy (non-hydrogen) atoms. The zero-order valence-electron chi connectivity index (χ0n) is 14.5. The first-order chi connectivity index (χ1) is 12.2. The molecule has 130 valence electrons. The number of hydrogen-bond acceptors (Lipinski definition) is 3. The molecule has 1 aromatic heterocycles. The molecule has 1 saturated heterocycles. The van der Waals surface area contributed by atoms with Crippen molar-refractivity contribution in [2.24, 2.45) is 7.05 Å². The van der Waals surface area contributed by atoms with E-state index in [0.29, 0.717) is 6.04 Å². The second-order valence-electron chi connectivity index (χ2n) is 6.90. The summed E-state index contributed by atoms with van der Waals surface area (Å²) in [5, 5.41) is 3.64. The van der Waals surface area contributed by atoms with Crippen LogP contribution >= 0.6 is 0 Å². The lowest BCUT2D eigenvalue weighted by atomic mass is 10.0. The van der Waals surface area contributed by atoms with Crippen LogP contribution in [0.4, 0.5) is 5.69 Å². The van der Waals surface area contributed by atoms with Crippen LogP contribution in [0.1, 0.15) is 18.4 Å². The maximum atomic E-state index is 11.7. The Balaban J connectivity index is 1.37. The topological polar surface area (TPSA) is 53.1 Å². The minimum Gasteiger partial charge on any atom is -0.382 e. The molecule has 1 aliphatic heterocycles. The Hall–Kier alpha value is -2.53. The molecule has 0 amide bonds. The number of aryl methyl sites for hydroxylation is 1. The number of piperidine rings is 1. The van der Waals surface area contributed by atoms with Crippen LogP contribution in [0.2, 0.25) is 0 Å². The van der Waals surface area contributed by atoms with Crippen molar-refractivity contribution < 1.29 is 0 Å². The Morgan fingerprint density at radius 3 is 2.64 bits per heavy atom. The summed E-state index contributed by atoms with van der Waals surface area (Å²) >= 11 is 0. The van der Waals surface area contributed by atoms with Crippen LogP contribution in [0.25, 0.3) is 11.0 Å². The molecule has 3 aromatic rings. The highest BCUT2D eigenvalue weighted by Crippen LogP contribution is 2.21.